The maximum Gasteiger partial charge on any atom is 0.196 e. The molecule has 118 valence electrons. The van der Waals surface area contributed by atoms with Gasteiger partial charge in [0.15, 0.2) is 12.1 Å². The molecule has 0 aliphatic carbocycles. The predicted molar refractivity (Wildman–Crippen MR) is 81.2 cm³/mol. The quantitative estimate of drug-likeness (QED) is 0.199. The highest BCUT2D eigenvalue weighted by atomic mass is 16.5. The lowest BCUT2D eigenvalue weighted by atomic mass is 9.85. The molecule has 0 bridgehead atoms. The third-order valence-corrected chi connectivity index (χ3v) is 2.61. The minimum Gasteiger partial charge on any atom is -0.377 e. The Hall–Kier alpha value is -1.56. The first-order chi connectivity index (χ1) is 10.1. The smallest absolute Gasteiger partial charge is 0.196 e. The van der Waals surface area contributed by atoms with Crippen LogP contribution < -0.4 is 0 Å². The Balaban J connectivity index is 4.87. The summed E-state index contributed by atoms with van der Waals surface area (Å²) >= 11 is 0. The van der Waals surface area contributed by atoms with E-state index in [-0.39, 0.29) is 26.2 Å². The molecular formula is C16H24O5. The molecule has 0 radical (unpaired) electrons. The first-order valence-corrected chi connectivity index (χ1v) is 6.68. The number of rotatable bonds is 15. The van der Waals surface area contributed by atoms with Crippen molar-refractivity contribution in [3.63, 3.8) is 0 Å². The van der Waals surface area contributed by atoms with Gasteiger partial charge in [-0.1, -0.05) is 18.2 Å². The minimum atomic E-state index is -0.715. The summed E-state index contributed by atoms with van der Waals surface area (Å²) in [5.41, 5.74) is -0.715. The highest BCUT2D eigenvalue weighted by Gasteiger charge is 2.34. The van der Waals surface area contributed by atoms with Crippen LogP contribution in [0.4, 0.5) is 0 Å². The van der Waals surface area contributed by atoms with Crippen molar-refractivity contribution < 1.29 is 23.8 Å². The van der Waals surface area contributed by atoms with Gasteiger partial charge in [0.2, 0.25) is 0 Å². The highest BCUT2D eigenvalue weighted by Crippen LogP contribution is 2.25. The Morgan fingerprint density at radius 3 is 1.52 bits per heavy atom. The molecule has 0 heterocycles. The van der Waals surface area contributed by atoms with Crippen LogP contribution >= 0.6 is 0 Å². The number of carbonyl (C=O) groups is 2. The number of ketones is 1. The van der Waals surface area contributed by atoms with Crippen LogP contribution in [-0.4, -0.2) is 51.7 Å². The summed E-state index contributed by atoms with van der Waals surface area (Å²) in [6.07, 6.45) is 5.15. The van der Waals surface area contributed by atoms with E-state index in [1.165, 1.54) is 0 Å². The second-order valence-electron chi connectivity index (χ2n) is 4.67. The van der Waals surface area contributed by atoms with Crippen molar-refractivity contribution in [2.24, 2.45) is 5.41 Å². The molecule has 0 N–H and O–H groups in total. The third-order valence-electron chi connectivity index (χ3n) is 2.61. The summed E-state index contributed by atoms with van der Waals surface area (Å²) in [6.45, 7) is 12.4. The summed E-state index contributed by atoms with van der Waals surface area (Å²) in [6, 6.07) is 0. The third kappa shape index (κ3) is 9.07. The predicted octanol–water partition coefficient (Wildman–Crippen LogP) is 1.74. The number of hydrogen-bond acceptors (Lipinski definition) is 5. The number of aldehydes is 1. The van der Waals surface area contributed by atoms with Gasteiger partial charge >= 0.3 is 0 Å². The molecule has 0 amide bonds. The standard InChI is InChI=1S/C16H24O5/c1-4-7-19-12-16(10-15(18)11-17,13-20-8-5-2)14-21-9-6-3/h4-6,11H,1-3,7-10,12-14H2. The second-order valence-corrected chi connectivity index (χ2v) is 4.67. The summed E-state index contributed by atoms with van der Waals surface area (Å²) in [7, 11) is 0. The van der Waals surface area contributed by atoms with Gasteiger partial charge in [-0.05, 0) is 0 Å². The Labute approximate surface area is 126 Å². The molecule has 5 heteroatoms. The molecule has 0 aromatic carbocycles. The van der Waals surface area contributed by atoms with Gasteiger partial charge in [0.05, 0.1) is 39.6 Å². The molecule has 0 saturated carbocycles. The first-order valence-electron chi connectivity index (χ1n) is 6.68. The average Bonchev–Trinajstić information content (AvgIpc) is 2.48. The van der Waals surface area contributed by atoms with E-state index in [0.717, 1.165) is 0 Å². The Morgan fingerprint density at radius 1 is 0.857 bits per heavy atom. The minimum absolute atomic E-state index is 0.00191. The largest absolute Gasteiger partial charge is 0.377 e. The Bertz CT molecular complexity index is 313. The molecule has 0 unspecified atom stereocenters. The monoisotopic (exact) mass is 296 g/mol. The van der Waals surface area contributed by atoms with Gasteiger partial charge in [-0.15, -0.1) is 19.7 Å². The fourth-order valence-corrected chi connectivity index (χ4v) is 1.77. The average molecular weight is 296 g/mol. The molecule has 0 fully saturated rings. The normalized spacial score (nSPS) is 10.9. The second kappa shape index (κ2) is 12.2. The number of hydrogen-bond donors (Lipinski definition) is 0. The van der Waals surface area contributed by atoms with Gasteiger partial charge in [0.25, 0.3) is 0 Å². The maximum absolute atomic E-state index is 11.5. The summed E-state index contributed by atoms with van der Waals surface area (Å²) in [4.78, 5) is 22.2. The molecule has 5 nitrogen and oxygen atoms in total. The zero-order valence-corrected chi connectivity index (χ0v) is 12.4. The van der Waals surface area contributed by atoms with Gasteiger partial charge in [0, 0.05) is 11.8 Å². The van der Waals surface area contributed by atoms with Crippen LogP contribution in [0.1, 0.15) is 6.42 Å². The van der Waals surface area contributed by atoms with Crippen LogP contribution in [0, 0.1) is 5.41 Å². The summed E-state index contributed by atoms with van der Waals surface area (Å²) < 4.78 is 16.4. The van der Waals surface area contributed by atoms with E-state index in [1.54, 1.807) is 18.2 Å². The maximum atomic E-state index is 11.5. The van der Waals surface area contributed by atoms with Crippen molar-refractivity contribution in [2.45, 2.75) is 6.42 Å². The van der Waals surface area contributed by atoms with Crippen LogP contribution in [0.25, 0.3) is 0 Å². The van der Waals surface area contributed by atoms with E-state index in [9.17, 15) is 9.59 Å². The van der Waals surface area contributed by atoms with Crippen LogP contribution in [0.15, 0.2) is 38.0 Å². The van der Waals surface area contributed by atoms with Crippen molar-refractivity contribution >= 4 is 12.1 Å². The highest BCUT2D eigenvalue weighted by molar-refractivity contribution is 6.25. The fraction of sp³-hybridized carbons (Fsp3) is 0.500. The summed E-state index contributed by atoms with van der Waals surface area (Å²) in [5, 5.41) is 0. The van der Waals surface area contributed by atoms with E-state index >= 15 is 0 Å². The SMILES string of the molecule is C=CCOCC(COCC=C)(COCC=C)CC(=O)C=O. The van der Waals surface area contributed by atoms with E-state index < -0.39 is 11.2 Å². The number of carbonyl (C=O) groups excluding carboxylic acids is 2. The fourth-order valence-electron chi connectivity index (χ4n) is 1.77. The Kier molecular flexibility index (Phi) is 11.3. The molecule has 21 heavy (non-hydrogen) atoms. The van der Waals surface area contributed by atoms with Crippen LogP contribution in [0.5, 0.6) is 0 Å². The lowest BCUT2D eigenvalue weighted by Crippen LogP contribution is -2.40. The van der Waals surface area contributed by atoms with Crippen molar-refractivity contribution in [3.8, 4) is 0 Å². The topological polar surface area (TPSA) is 61.8 Å². The number of ether oxygens (including phenoxy) is 3. The molecule has 0 aromatic rings. The van der Waals surface area contributed by atoms with Gasteiger partial charge in [-0.2, -0.15) is 0 Å². The van der Waals surface area contributed by atoms with Gasteiger partial charge < -0.3 is 14.2 Å². The molecular weight excluding hydrogens is 272 g/mol. The number of Topliss-reactive ketones (excluding diaryl/α,β-unsaturated/α-hetero) is 1. The van der Waals surface area contributed by atoms with E-state index in [2.05, 4.69) is 19.7 Å². The molecule has 0 aliphatic heterocycles. The van der Waals surface area contributed by atoms with Crippen molar-refractivity contribution in [2.75, 3.05) is 39.6 Å². The van der Waals surface area contributed by atoms with E-state index in [1.807, 2.05) is 0 Å². The molecule has 0 saturated heterocycles. The lowest BCUT2D eigenvalue weighted by molar-refractivity contribution is -0.135. The lowest BCUT2D eigenvalue weighted by Gasteiger charge is -2.31. The van der Waals surface area contributed by atoms with Gasteiger partial charge in [0.1, 0.15) is 0 Å². The molecule has 0 atom stereocenters. The van der Waals surface area contributed by atoms with Crippen molar-refractivity contribution in [1.82, 2.24) is 0 Å². The zero-order chi connectivity index (χ0) is 16.0. The van der Waals surface area contributed by atoms with E-state index in [4.69, 9.17) is 14.2 Å². The molecule has 0 aromatic heterocycles. The molecule has 0 spiro atoms. The van der Waals surface area contributed by atoms with Crippen molar-refractivity contribution in [3.05, 3.63) is 38.0 Å². The Morgan fingerprint density at radius 2 is 1.24 bits per heavy atom. The van der Waals surface area contributed by atoms with E-state index in [0.29, 0.717) is 26.1 Å². The summed E-state index contributed by atoms with van der Waals surface area (Å²) in [5.74, 6) is -0.512. The van der Waals surface area contributed by atoms with Crippen LogP contribution in [0.2, 0.25) is 0 Å². The molecule has 0 rings (SSSR count). The first kappa shape index (κ1) is 19.4. The zero-order valence-electron chi connectivity index (χ0n) is 12.4. The van der Waals surface area contributed by atoms with Crippen molar-refractivity contribution in [1.29, 1.82) is 0 Å². The van der Waals surface area contributed by atoms with Gasteiger partial charge in [-0.25, -0.2) is 0 Å². The molecule has 0 aliphatic rings. The van der Waals surface area contributed by atoms with Crippen LogP contribution in [0.3, 0.4) is 0 Å². The van der Waals surface area contributed by atoms with Gasteiger partial charge in [-0.3, -0.25) is 9.59 Å². The van der Waals surface area contributed by atoms with Crippen LogP contribution in [-0.2, 0) is 23.8 Å².